The molecular formula is C19H18N4S. The predicted octanol–water partition coefficient (Wildman–Crippen LogP) is 4.19. The minimum absolute atomic E-state index is 0.136. The van der Waals surface area contributed by atoms with Gasteiger partial charge in [0.25, 0.3) is 0 Å². The normalized spacial score (nSPS) is 16.8. The fraction of sp³-hybridized carbons (Fsp3) is 0.158. The number of rotatable bonds is 3. The Morgan fingerprint density at radius 1 is 1.08 bits per heavy atom. The average molecular weight is 334 g/mol. The van der Waals surface area contributed by atoms with Crippen LogP contribution >= 0.6 is 11.8 Å². The smallest absolute Gasteiger partial charge is 0.126 e. The van der Waals surface area contributed by atoms with Crippen LogP contribution in [0.2, 0.25) is 0 Å². The molecule has 0 bridgehead atoms. The molecule has 1 aliphatic rings. The molecule has 4 nitrogen and oxygen atoms in total. The molecule has 0 fully saturated rings. The molecule has 3 aromatic rings. The number of thioether (sulfide) groups is 1. The second-order valence-corrected chi connectivity index (χ2v) is 6.88. The lowest BCUT2D eigenvalue weighted by molar-refractivity contribution is 0.737. The summed E-state index contributed by atoms with van der Waals surface area (Å²) in [6.07, 6.45) is 3.69. The van der Waals surface area contributed by atoms with Crippen LogP contribution in [0.15, 0.2) is 66.0 Å². The lowest BCUT2D eigenvalue weighted by Crippen LogP contribution is -2.08. The van der Waals surface area contributed by atoms with Crippen molar-refractivity contribution in [2.45, 2.75) is 19.2 Å². The summed E-state index contributed by atoms with van der Waals surface area (Å²) >= 11 is 1.76. The van der Waals surface area contributed by atoms with E-state index in [1.54, 1.807) is 18.0 Å². The van der Waals surface area contributed by atoms with Crippen molar-refractivity contribution in [3.8, 4) is 5.69 Å². The Morgan fingerprint density at radius 3 is 2.67 bits per heavy atom. The Balaban J connectivity index is 1.63. The molecule has 0 saturated carbocycles. The van der Waals surface area contributed by atoms with Crippen molar-refractivity contribution in [2.75, 3.05) is 0 Å². The van der Waals surface area contributed by atoms with E-state index in [2.05, 4.69) is 58.2 Å². The number of benzene rings is 1. The van der Waals surface area contributed by atoms with Gasteiger partial charge >= 0.3 is 0 Å². The van der Waals surface area contributed by atoms with Crippen molar-refractivity contribution in [1.29, 1.82) is 0 Å². The molecular weight excluding hydrogens is 316 g/mol. The molecule has 5 heteroatoms. The molecule has 120 valence electrons. The Bertz CT molecular complexity index is 884. The van der Waals surface area contributed by atoms with Gasteiger partial charge in [-0.05, 0) is 32.0 Å². The molecule has 2 aromatic heterocycles. The minimum atomic E-state index is 0.136. The van der Waals surface area contributed by atoms with E-state index in [-0.39, 0.29) is 5.37 Å². The maximum atomic E-state index is 4.52. The summed E-state index contributed by atoms with van der Waals surface area (Å²) in [6, 6.07) is 16.6. The van der Waals surface area contributed by atoms with Gasteiger partial charge in [0, 0.05) is 28.7 Å². The predicted molar refractivity (Wildman–Crippen MR) is 99.5 cm³/mol. The molecule has 0 saturated heterocycles. The zero-order chi connectivity index (χ0) is 16.5. The highest BCUT2D eigenvalue weighted by atomic mass is 32.2. The van der Waals surface area contributed by atoms with Crippen molar-refractivity contribution in [1.82, 2.24) is 15.0 Å². The molecule has 0 aliphatic carbocycles. The molecule has 0 spiro atoms. The summed E-state index contributed by atoms with van der Waals surface area (Å²) in [5, 5.41) is 5.69. The van der Waals surface area contributed by atoms with Crippen molar-refractivity contribution in [3.05, 3.63) is 83.4 Å². The van der Waals surface area contributed by atoms with E-state index >= 15 is 0 Å². The summed E-state index contributed by atoms with van der Waals surface area (Å²) in [4.78, 5) is 4.24. The summed E-state index contributed by atoms with van der Waals surface area (Å²) in [5.41, 5.74) is 9.19. The zero-order valence-electron chi connectivity index (χ0n) is 13.6. The first-order valence-electron chi connectivity index (χ1n) is 7.88. The molecule has 3 heterocycles. The maximum absolute atomic E-state index is 4.52. The first kappa shape index (κ1) is 15.0. The van der Waals surface area contributed by atoms with Gasteiger partial charge in [0.1, 0.15) is 10.4 Å². The number of pyridine rings is 1. The molecule has 1 aromatic carbocycles. The van der Waals surface area contributed by atoms with Crippen LogP contribution in [0, 0.1) is 13.8 Å². The average Bonchev–Trinajstić information content (AvgIpc) is 3.21. The number of aromatic nitrogens is 2. The summed E-state index contributed by atoms with van der Waals surface area (Å²) in [6.45, 7) is 4.28. The van der Waals surface area contributed by atoms with E-state index in [0.29, 0.717) is 0 Å². The fourth-order valence-corrected chi connectivity index (χ4v) is 4.14. The van der Waals surface area contributed by atoms with Crippen molar-refractivity contribution >= 4 is 16.8 Å². The van der Waals surface area contributed by atoms with E-state index in [0.717, 1.165) is 16.3 Å². The van der Waals surface area contributed by atoms with Crippen LogP contribution in [0.3, 0.4) is 0 Å². The number of hydrazone groups is 1. The second-order valence-electron chi connectivity index (χ2n) is 5.78. The number of nitrogens with zero attached hydrogens (tertiary/aromatic N) is 3. The SMILES string of the molecule is Cc1cc([C@@H]2NN=C(c3ccccc3)S2)c(C)n1-c1cccnc1. The molecule has 0 radical (unpaired) electrons. The van der Waals surface area contributed by atoms with E-state index < -0.39 is 0 Å². The highest BCUT2D eigenvalue weighted by Crippen LogP contribution is 2.37. The summed E-state index contributed by atoms with van der Waals surface area (Å²) in [7, 11) is 0. The lowest BCUT2D eigenvalue weighted by atomic mass is 10.2. The molecule has 1 atom stereocenters. The Kier molecular flexibility index (Phi) is 3.86. The third kappa shape index (κ3) is 2.61. The van der Waals surface area contributed by atoms with Gasteiger partial charge in [0.15, 0.2) is 0 Å². The molecule has 0 unspecified atom stereocenters. The van der Waals surface area contributed by atoms with Crippen LogP contribution < -0.4 is 5.43 Å². The number of hydrogen-bond acceptors (Lipinski definition) is 4. The lowest BCUT2D eigenvalue weighted by Gasteiger charge is -2.12. The Morgan fingerprint density at radius 2 is 1.92 bits per heavy atom. The third-order valence-electron chi connectivity index (χ3n) is 4.19. The monoisotopic (exact) mass is 334 g/mol. The van der Waals surface area contributed by atoms with Crippen LogP contribution in [0.5, 0.6) is 0 Å². The molecule has 1 N–H and O–H groups in total. The second kappa shape index (κ2) is 6.17. The van der Waals surface area contributed by atoms with Gasteiger partial charge in [-0.15, -0.1) is 0 Å². The van der Waals surface area contributed by atoms with Gasteiger partial charge in [-0.1, -0.05) is 42.1 Å². The van der Waals surface area contributed by atoms with Crippen LogP contribution in [-0.4, -0.2) is 14.6 Å². The van der Waals surface area contributed by atoms with E-state index in [9.17, 15) is 0 Å². The highest BCUT2D eigenvalue weighted by molar-refractivity contribution is 8.14. The van der Waals surface area contributed by atoms with Gasteiger partial charge < -0.3 is 4.57 Å². The highest BCUT2D eigenvalue weighted by Gasteiger charge is 2.26. The standard InChI is InChI=1S/C19H18N4S/c1-13-11-17(14(2)23(13)16-9-6-10-20-12-16)19-22-21-18(24-19)15-7-4-3-5-8-15/h3-12,19,22H,1-2H3/t19-/m1/s1. The Hall–Kier alpha value is -2.53. The van der Waals surface area contributed by atoms with E-state index in [1.165, 1.54) is 17.0 Å². The van der Waals surface area contributed by atoms with E-state index in [1.807, 2.05) is 30.5 Å². The fourth-order valence-electron chi connectivity index (χ4n) is 3.06. The van der Waals surface area contributed by atoms with Gasteiger partial charge in [0.05, 0.1) is 11.9 Å². The molecule has 1 aliphatic heterocycles. The van der Waals surface area contributed by atoms with Gasteiger partial charge in [-0.25, -0.2) is 0 Å². The third-order valence-corrected chi connectivity index (χ3v) is 5.34. The molecule has 4 rings (SSSR count). The zero-order valence-corrected chi connectivity index (χ0v) is 14.4. The van der Waals surface area contributed by atoms with Crippen molar-refractivity contribution in [3.63, 3.8) is 0 Å². The van der Waals surface area contributed by atoms with Crippen LogP contribution in [0.25, 0.3) is 5.69 Å². The minimum Gasteiger partial charge on any atom is -0.317 e. The Labute approximate surface area is 145 Å². The van der Waals surface area contributed by atoms with Gasteiger partial charge in [-0.2, -0.15) is 5.10 Å². The number of aryl methyl sites for hydroxylation is 1. The largest absolute Gasteiger partial charge is 0.317 e. The van der Waals surface area contributed by atoms with Crippen LogP contribution in [-0.2, 0) is 0 Å². The number of hydrogen-bond donors (Lipinski definition) is 1. The van der Waals surface area contributed by atoms with Crippen molar-refractivity contribution in [2.24, 2.45) is 5.10 Å². The summed E-state index contributed by atoms with van der Waals surface area (Å²) in [5.74, 6) is 0. The first-order valence-corrected chi connectivity index (χ1v) is 8.76. The topological polar surface area (TPSA) is 42.2 Å². The van der Waals surface area contributed by atoms with Crippen LogP contribution in [0.1, 0.15) is 27.9 Å². The first-order chi connectivity index (χ1) is 11.7. The molecule has 24 heavy (non-hydrogen) atoms. The van der Waals surface area contributed by atoms with Gasteiger partial charge in [0.2, 0.25) is 0 Å². The quantitative estimate of drug-likeness (QED) is 0.781. The number of nitrogens with one attached hydrogen (secondary N) is 1. The maximum Gasteiger partial charge on any atom is 0.126 e. The van der Waals surface area contributed by atoms with Gasteiger partial charge in [-0.3, -0.25) is 10.4 Å². The van der Waals surface area contributed by atoms with Crippen LogP contribution in [0.4, 0.5) is 0 Å². The molecule has 0 amide bonds. The summed E-state index contributed by atoms with van der Waals surface area (Å²) < 4.78 is 2.24. The van der Waals surface area contributed by atoms with E-state index in [4.69, 9.17) is 0 Å². The van der Waals surface area contributed by atoms with Crippen molar-refractivity contribution < 1.29 is 0 Å².